The number of morpholine rings is 1. The van der Waals surface area contributed by atoms with Gasteiger partial charge in [-0.15, -0.1) is 0 Å². The van der Waals surface area contributed by atoms with E-state index in [4.69, 9.17) is 9.47 Å². The molecule has 0 aliphatic carbocycles. The Morgan fingerprint density at radius 2 is 2.06 bits per heavy atom. The number of methoxy groups -OCH3 is 1. The second-order valence-corrected chi connectivity index (χ2v) is 5.57. The highest BCUT2D eigenvalue weighted by Crippen LogP contribution is 2.24. The average molecular weight is 249 g/mol. The molecule has 2 rings (SSSR count). The van der Waals surface area contributed by atoms with E-state index in [1.807, 2.05) is 0 Å². The molecule has 3 heteroatoms. The lowest BCUT2D eigenvalue weighted by atomic mass is 9.99. The molecule has 1 atom stereocenters. The van der Waals surface area contributed by atoms with Crippen LogP contribution in [0.2, 0.25) is 0 Å². The van der Waals surface area contributed by atoms with Crippen molar-refractivity contribution in [2.45, 2.75) is 32.0 Å². The highest BCUT2D eigenvalue weighted by atomic mass is 16.5. The zero-order valence-corrected chi connectivity index (χ0v) is 11.6. The summed E-state index contributed by atoms with van der Waals surface area (Å²) in [7, 11) is 1.73. The highest BCUT2D eigenvalue weighted by Gasteiger charge is 2.34. The first-order valence-corrected chi connectivity index (χ1v) is 6.51. The summed E-state index contributed by atoms with van der Waals surface area (Å²) < 4.78 is 11.0. The van der Waals surface area contributed by atoms with Crippen molar-refractivity contribution in [3.8, 4) is 0 Å². The van der Waals surface area contributed by atoms with Gasteiger partial charge in [-0.1, -0.05) is 30.3 Å². The number of hydrogen-bond acceptors (Lipinski definition) is 3. The van der Waals surface area contributed by atoms with Crippen LogP contribution >= 0.6 is 0 Å². The molecule has 0 saturated carbocycles. The van der Waals surface area contributed by atoms with Gasteiger partial charge in [0.05, 0.1) is 19.3 Å². The standard InChI is InChI=1S/C15H23NO2/c1-15(2)12-18-14(11-17-3)10-16(15)9-13-7-5-4-6-8-13/h4-8,14H,9-12H2,1-3H3. The molecule has 0 spiro atoms. The van der Waals surface area contributed by atoms with Gasteiger partial charge in [-0.05, 0) is 19.4 Å². The molecule has 18 heavy (non-hydrogen) atoms. The molecule has 1 aromatic carbocycles. The van der Waals surface area contributed by atoms with E-state index in [1.54, 1.807) is 7.11 Å². The molecule has 0 bridgehead atoms. The molecule has 1 fully saturated rings. The van der Waals surface area contributed by atoms with Crippen LogP contribution in [0.3, 0.4) is 0 Å². The quantitative estimate of drug-likeness (QED) is 0.817. The Balaban J connectivity index is 2.03. The third kappa shape index (κ3) is 3.31. The molecule has 3 nitrogen and oxygen atoms in total. The van der Waals surface area contributed by atoms with Crippen LogP contribution in [-0.4, -0.2) is 43.4 Å². The summed E-state index contributed by atoms with van der Waals surface area (Å²) in [6, 6.07) is 10.6. The van der Waals surface area contributed by atoms with Crippen LogP contribution in [0, 0.1) is 0 Å². The molecule has 100 valence electrons. The predicted octanol–water partition coefficient (Wildman–Crippen LogP) is 2.31. The van der Waals surface area contributed by atoms with Gasteiger partial charge in [0.25, 0.3) is 0 Å². The molecule has 0 amide bonds. The topological polar surface area (TPSA) is 21.7 Å². The van der Waals surface area contributed by atoms with Crippen molar-refractivity contribution in [2.75, 3.05) is 26.9 Å². The maximum Gasteiger partial charge on any atom is 0.0936 e. The number of benzene rings is 1. The van der Waals surface area contributed by atoms with E-state index in [-0.39, 0.29) is 11.6 Å². The second kappa shape index (κ2) is 5.83. The van der Waals surface area contributed by atoms with Crippen LogP contribution in [0.25, 0.3) is 0 Å². The fourth-order valence-corrected chi connectivity index (χ4v) is 2.33. The predicted molar refractivity (Wildman–Crippen MR) is 72.5 cm³/mol. The van der Waals surface area contributed by atoms with Crippen molar-refractivity contribution >= 4 is 0 Å². The van der Waals surface area contributed by atoms with Gasteiger partial charge in [-0.2, -0.15) is 0 Å². The Kier molecular flexibility index (Phi) is 4.38. The van der Waals surface area contributed by atoms with E-state index in [0.717, 1.165) is 19.7 Å². The third-order valence-corrected chi connectivity index (χ3v) is 3.52. The summed E-state index contributed by atoms with van der Waals surface area (Å²) in [6.07, 6.45) is 0.187. The molecular weight excluding hydrogens is 226 g/mol. The van der Waals surface area contributed by atoms with E-state index < -0.39 is 0 Å². The monoisotopic (exact) mass is 249 g/mol. The van der Waals surface area contributed by atoms with Crippen LogP contribution in [0.15, 0.2) is 30.3 Å². The van der Waals surface area contributed by atoms with Gasteiger partial charge in [0.15, 0.2) is 0 Å². The number of nitrogens with zero attached hydrogens (tertiary/aromatic N) is 1. The summed E-state index contributed by atoms with van der Waals surface area (Å²) in [5, 5.41) is 0. The van der Waals surface area contributed by atoms with Crippen LogP contribution in [0.4, 0.5) is 0 Å². The normalized spacial score (nSPS) is 24.1. The van der Waals surface area contributed by atoms with Crippen LogP contribution in [0.5, 0.6) is 0 Å². The Labute approximate surface area is 110 Å². The molecule has 1 aliphatic heterocycles. The molecule has 1 aliphatic rings. The maximum atomic E-state index is 5.83. The van der Waals surface area contributed by atoms with E-state index in [2.05, 4.69) is 49.1 Å². The van der Waals surface area contributed by atoms with Crippen LogP contribution < -0.4 is 0 Å². The van der Waals surface area contributed by atoms with Crippen molar-refractivity contribution in [1.29, 1.82) is 0 Å². The van der Waals surface area contributed by atoms with Crippen molar-refractivity contribution < 1.29 is 9.47 Å². The lowest BCUT2D eigenvalue weighted by Gasteiger charge is -2.45. The average Bonchev–Trinajstić information content (AvgIpc) is 2.35. The fraction of sp³-hybridized carbons (Fsp3) is 0.600. The molecule has 0 radical (unpaired) electrons. The third-order valence-electron chi connectivity index (χ3n) is 3.52. The first-order valence-electron chi connectivity index (χ1n) is 6.51. The fourth-order valence-electron chi connectivity index (χ4n) is 2.33. The lowest BCUT2D eigenvalue weighted by molar-refractivity contribution is -0.120. The summed E-state index contributed by atoms with van der Waals surface area (Å²) in [5.74, 6) is 0. The smallest absolute Gasteiger partial charge is 0.0936 e. The lowest BCUT2D eigenvalue weighted by Crippen LogP contribution is -2.56. The molecule has 1 heterocycles. The first kappa shape index (κ1) is 13.5. The van der Waals surface area contributed by atoms with E-state index in [0.29, 0.717) is 6.61 Å². The van der Waals surface area contributed by atoms with Gasteiger partial charge in [-0.25, -0.2) is 0 Å². The number of hydrogen-bond donors (Lipinski definition) is 0. The minimum atomic E-state index is 0.0834. The Hall–Kier alpha value is -0.900. The molecule has 1 unspecified atom stereocenters. The van der Waals surface area contributed by atoms with Crippen molar-refractivity contribution in [2.24, 2.45) is 0 Å². The van der Waals surface area contributed by atoms with E-state index in [9.17, 15) is 0 Å². The van der Waals surface area contributed by atoms with Gasteiger partial charge in [0, 0.05) is 25.7 Å². The zero-order valence-electron chi connectivity index (χ0n) is 11.6. The van der Waals surface area contributed by atoms with Crippen molar-refractivity contribution in [1.82, 2.24) is 4.90 Å². The van der Waals surface area contributed by atoms with Crippen LogP contribution in [-0.2, 0) is 16.0 Å². The Morgan fingerprint density at radius 1 is 1.33 bits per heavy atom. The summed E-state index contributed by atoms with van der Waals surface area (Å²) in [4.78, 5) is 2.48. The zero-order chi connectivity index (χ0) is 13.0. The number of ether oxygens (including phenoxy) is 2. The van der Waals surface area contributed by atoms with Gasteiger partial charge < -0.3 is 9.47 Å². The highest BCUT2D eigenvalue weighted by molar-refractivity contribution is 5.15. The van der Waals surface area contributed by atoms with Gasteiger partial charge >= 0.3 is 0 Å². The van der Waals surface area contributed by atoms with E-state index >= 15 is 0 Å². The van der Waals surface area contributed by atoms with Gasteiger partial charge in [-0.3, -0.25) is 4.90 Å². The van der Waals surface area contributed by atoms with Crippen molar-refractivity contribution in [3.63, 3.8) is 0 Å². The Bertz CT molecular complexity index is 364. The summed E-state index contributed by atoms with van der Waals surface area (Å²) in [5.41, 5.74) is 1.43. The molecule has 1 aromatic rings. The SMILES string of the molecule is COCC1CN(Cc2ccccc2)C(C)(C)CO1. The summed E-state index contributed by atoms with van der Waals surface area (Å²) in [6.45, 7) is 7.79. The second-order valence-electron chi connectivity index (χ2n) is 5.57. The maximum absolute atomic E-state index is 5.83. The van der Waals surface area contributed by atoms with Crippen molar-refractivity contribution in [3.05, 3.63) is 35.9 Å². The molecule has 0 N–H and O–H groups in total. The summed E-state index contributed by atoms with van der Waals surface area (Å²) >= 11 is 0. The minimum Gasteiger partial charge on any atom is -0.382 e. The number of rotatable bonds is 4. The molecule has 0 aromatic heterocycles. The van der Waals surface area contributed by atoms with Gasteiger partial charge in [0.1, 0.15) is 0 Å². The minimum absolute atomic E-state index is 0.0834. The molecular formula is C15H23NO2. The van der Waals surface area contributed by atoms with Gasteiger partial charge in [0.2, 0.25) is 0 Å². The van der Waals surface area contributed by atoms with Crippen LogP contribution in [0.1, 0.15) is 19.4 Å². The Morgan fingerprint density at radius 3 is 2.72 bits per heavy atom. The largest absolute Gasteiger partial charge is 0.382 e. The molecule has 1 saturated heterocycles. The first-order chi connectivity index (χ1) is 8.62. The van der Waals surface area contributed by atoms with E-state index in [1.165, 1.54) is 5.56 Å².